The van der Waals surface area contributed by atoms with Crippen LogP contribution >= 0.6 is 7.82 Å². The van der Waals surface area contributed by atoms with E-state index in [0.717, 1.165) is 25.7 Å². The van der Waals surface area contributed by atoms with Crippen LogP contribution in [-0.2, 0) is 28.1 Å². The third-order valence-corrected chi connectivity index (χ3v) is 6.85. The average Bonchev–Trinajstić information content (AvgIpc) is 3.51. The highest BCUT2D eigenvalue weighted by atomic mass is 31.2. The van der Waals surface area contributed by atoms with Crippen molar-refractivity contribution in [2.75, 3.05) is 19.7 Å². The lowest BCUT2D eigenvalue weighted by molar-refractivity contribution is -0.213. The summed E-state index contributed by atoms with van der Waals surface area (Å²) in [7, 11) is -4.77. The Morgan fingerprint density at radius 3 is 2.78 bits per heavy atom. The van der Waals surface area contributed by atoms with Crippen molar-refractivity contribution < 1.29 is 37.9 Å². The van der Waals surface area contributed by atoms with Crippen LogP contribution < -0.4 is 16.6 Å². The van der Waals surface area contributed by atoms with Crippen molar-refractivity contribution in [1.29, 1.82) is 0 Å². The molecule has 206 valence electrons. The molecule has 16 heteroatoms. The number of phosphoric ester groups is 1. The number of phosphoric acid groups is 1. The molecule has 2 aromatic rings. The number of nitrogens with zero attached hydrogens (tertiary/aromatic N) is 3. The molecule has 2 aromatic heterocycles. The first-order chi connectivity index (χ1) is 17.6. The van der Waals surface area contributed by atoms with Crippen LogP contribution in [0.25, 0.3) is 11.2 Å². The number of nitrogens with two attached hydrogens (primary N) is 1. The van der Waals surface area contributed by atoms with E-state index in [9.17, 15) is 14.2 Å². The Bertz CT molecular complexity index is 1180. The van der Waals surface area contributed by atoms with Gasteiger partial charge in [-0.1, -0.05) is 12.8 Å². The second-order valence-corrected chi connectivity index (χ2v) is 10.5. The van der Waals surface area contributed by atoms with Gasteiger partial charge in [-0.25, -0.2) is 14.5 Å². The van der Waals surface area contributed by atoms with Crippen LogP contribution in [0, 0.1) is 0 Å². The van der Waals surface area contributed by atoms with Crippen molar-refractivity contribution >= 4 is 24.9 Å². The number of nitrogens with one attached hydrogen (secondary N) is 2. The predicted octanol–water partition coefficient (Wildman–Crippen LogP) is 0.0420. The molecule has 0 radical (unpaired) electrons. The lowest BCUT2D eigenvalue weighted by Crippen LogP contribution is -2.35. The molecule has 2 aliphatic heterocycles. The number of fused-ring (bicyclic) bond motifs is 2. The normalized spacial score (nSPS) is 27.6. The maximum atomic E-state index is 12.4. The minimum absolute atomic E-state index is 0.0962. The summed E-state index contributed by atoms with van der Waals surface area (Å²) in [4.78, 5) is 53.5. The SMILES string of the molecule is CC1(CCC(=O)NCCCCCCN)OC2C(O1)[C@@H](COP(=O)(O)O)O[C@H]2n1cnc2c(=O)[nH]cnc21. The van der Waals surface area contributed by atoms with E-state index in [4.69, 9.17) is 29.7 Å². The number of unbranched alkanes of at least 4 members (excludes halogenated alkanes) is 3. The largest absolute Gasteiger partial charge is 0.469 e. The highest BCUT2D eigenvalue weighted by Gasteiger charge is 2.57. The zero-order valence-electron chi connectivity index (χ0n) is 20.4. The van der Waals surface area contributed by atoms with Crippen molar-refractivity contribution in [2.45, 2.75) is 75.8 Å². The fourth-order valence-electron chi connectivity index (χ4n) is 4.55. The Morgan fingerprint density at radius 2 is 2.03 bits per heavy atom. The highest BCUT2D eigenvalue weighted by Crippen LogP contribution is 2.46. The van der Waals surface area contributed by atoms with Crippen LogP contribution in [0.3, 0.4) is 0 Å². The fourth-order valence-corrected chi connectivity index (χ4v) is 4.90. The Morgan fingerprint density at radius 1 is 1.27 bits per heavy atom. The molecule has 5 atom stereocenters. The molecule has 0 bridgehead atoms. The maximum absolute atomic E-state index is 12.4. The van der Waals surface area contributed by atoms with Gasteiger partial charge in [-0.05, 0) is 26.3 Å². The molecule has 4 rings (SSSR count). The fraction of sp³-hybridized carbons (Fsp3) is 0.714. The van der Waals surface area contributed by atoms with Crippen molar-refractivity contribution in [3.63, 3.8) is 0 Å². The number of amides is 1. The summed E-state index contributed by atoms with van der Waals surface area (Å²) in [5.41, 5.74) is 5.39. The number of carbonyl (C=O) groups is 1. The van der Waals surface area contributed by atoms with E-state index in [1.165, 1.54) is 17.2 Å². The molecule has 6 N–H and O–H groups in total. The van der Waals surface area contributed by atoms with Crippen LogP contribution in [0.15, 0.2) is 17.4 Å². The summed E-state index contributed by atoms with van der Waals surface area (Å²) in [5.74, 6) is -1.31. The highest BCUT2D eigenvalue weighted by molar-refractivity contribution is 7.46. The lowest BCUT2D eigenvalue weighted by atomic mass is 10.1. The maximum Gasteiger partial charge on any atom is 0.469 e. The second kappa shape index (κ2) is 11.7. The monoisotopic (exact) mass is 544 g/mol. The van der Waals surface area contributed by atoms with Gasteiger partial charge in [0.25, 0.3) is 5.56 Å². The van der Waals surface area contributed by atoms with Gasteiger partial charge in [0.2, 0.25) is 5.91 Å². The summed E-state index contributed by atoms with van der Waals surface area (Å²) >= 11 is 0. The molecule has 2 fully saturated rings. The number of imidazole rings is 1. The van der Waals surface area contributed by atoms with Gasteiger partial charge in [-0.2, -0.15) is 0 Å². The van der Waals surface area contributed by atoms with Crippen molar-refractivity contribution in [3.05, 3.63) is 23.0 Å². The number of H-pyrrole nitrogens is 1. The third kappa shape index (κ3) is 6.81. The molecule has 0 spiro atoms. The van der Waals surface area contributed by atoms with Crippen LogP contribution in [0.4, 0.5) is 0 Å². The number of aromatic nitrogens is 4. The number of ether oxygens (including phenoxy) is 3. The summed E-state index contributed by atoms with van der Waals surface area (Å²) in [6, 6.07) is 0. The topological polar surface area (TPSA) is 213 Å². The summed E-state index contributed by atoms with van der Waals surface area (Å²) in [6.07, 6.45) is 3.55. The van der Waals surface area contributed by atoms with Gasteiger partial charge in [-0.15, -0.1) is 0 Å². The first kappa shape index (κ1) is 27.8. The Labute approximate surface area is 212 Å². The van der Waals surface area contributed by atoms with Crippen molar-refractivity contribution in [2.24, 2.45) is 5.73 Å². The molecule has 37 heavy (non-hydrogen) atoms. The first-order valence-corrected chi connectivity index (χ1v) is 13.7. The molecule has 3 unspecified atom stereocenters. The molecular formula is C21H33N6O9P. The first-order valence-electron chi connectivity index (χ1n) is 12.2. The molecule has 4 heterocycles. The van der Waals surface area contributed by atoms with Crippen LogP contribution in [-0.4, -0.2) is 79.0 Å². The quantitative estimate of drug-likeness (QED) is 0.167. The number of carbonyl (C=O) groups excluding carboxylic acids is 1. The third-order valence-electron chi connectivity index (χ3n) is 6.36. The van der Waals surface area contributed by atoms with Gasteiger partial charge in [0.15, 0.2) is 23.2 Å². The van der Waals surface area contributed by atoms with Gasteiger partial charge in [0, 0.05) is 19.4 Å². The lowest BCUT2D eigenvalue weighted by Gasteiger charge is -2.28. The van der Waals surface area contributed by atoms with Crippen LogP contribution in [0.1, 0.15) is 51.7 Å². The minimum atomic E-state index is -4.77. The number of hydrogen-bond donors (Lipinski definition) is 5. The van der Waals surface area contributed by atoms with E-state index in [1.54, 1.807) is 6.92 Å². The van der Waals surface area contributed by atoms with Gasteiger partial charge >= 0.3 is 7.82 Å². The van der Waals surface area contributed by atoms with Gasteiger partial charge in [-0.3, -0.25) is 18.7 Å². The van der Waals surface area contributed by atoms with Crippen LogP contribution in [0.5, 0.6) is 0 Å². The molecule has 0 saturated carbocycles. The number of rotatable bonds is 13. The van der Waals surface area contributed by atoms with Crippen molar-refractivity contribution in [1.82, 2.24) is 24.8 Å². The van der Waals surface area contributed by atoms with Crippen molar-refractivity contribution in [3.8, 4) is 0 Å². The Balaban J connectivity index is 1.43. The molecule has 2 aliphatic rings. The smallest absolute Gasteiger partial charge is 0.356 e. The van der Waals surface area contributed by atoms with Gasteiger partial charge in [0.05, 0.1) is 19.3 Å². The minimum Gasteiger partial charge on any atom is -0.356 e. The molecule has 1 amide bonds. The zero-order chi connectivity index (χ0) is 26.6. The Hall–Kier alpha value is -2.23. The van der Waals surface area contributed by atoms with Crippen LogP contribution in [0.2, 0.25) is 0 Å². The predicted molar refractivity (Wildman–Crippen MR) is 128 cm³/mol. The summed E-state index contributed by atoms with van der Waals surface area (Å²) < 4.78 is 35.8. The van der Waals surface area contributed by atoms with Gasteiger partial charge < -0.3 is 40.0 Å². The van der Waals surface area contributed by atoms with E-state index in [1.807, 2.05) is 0 Å². The standard InChI is InChI=1S/C21H33N6O9P/c1-21(7-6-14(28)23-9-5-3-2-4-8-22)35-16-13(10-33-37(30,31)32)34-20(17(16)36-21)27-12-26-15-18(27)24-11-25-19(15)29/h11-13,16-17,20H,2-10,22H2,1H3,(H,23,28)(H,24,25,29)(H2,30,31,32)/t13-,16?,17?,20-,21?/m1/s1. The summed E-state index contributed by atoms with van der Waals surface area (Å²) in [6.45, 7) is 2.46. The molecule has 15 nitrogen and oxygen atoms in total. The van der Waals surface area contributed by atoms with E-state index in [2.05, 4.69) is 24.8 Å². The second-order valence-electron chi connectivity index (χ2n) is 9.26. The Kier molecular flexibility index (Phi) is 8.76. The molecule has 0 aromatic carbocycles. The number of aromatic amines is 1. The average molecular weight is 545 g/mol. The van der Waals surface area contributed by atoms with E-state index in [-0.39, 0.29) is 29.9 Å². The molecular weight excluding hydrogens is 511 g/mol. The van der Waals surface area contributed by atoms with Gasteiger partial charge in [0.1, 0.15) is 18.3 Å². The zero-order valence-corrected chi connectivity index (χ0v) is 21.3. The van der Waals surface area contributed by atoms with E-state index >= 15 is 0 Å². The van der Waals surface area contributed by atoms with E-state index < -0.39 is 50.3 Å². The molecule has 0 aliphatic carbocycles. The van der Waals surface area contributed by atoms with E-state index in [0.29, 0.717) is 13.1 Å². The summed E-state index contributed by atoms with van der Waals surface area (Å²) in [5, 5.41) is 2.89. The number of hydrogen-bond acceptors (Lipinski definition) is 10. The molecule has 2 saturated heterocycles.